The lowest BCUT2D eigenvalue weighted by Crippen LogP contribution is -2.42. The summed E-state index contributed by atoms with van der Waals surface area (Å²) in [7, 11) is 0. The van der Waals surface area contributed by atoms with Crippen molar-refractivity contribution >= 4 is 28.6 Å². The number of hydrogen-bond donors (Lipinski definition) is 2. The minimum Gasteiger partial charge on any atom is -0.444 e. The highest BCUT2D eigenvalue weighted by Crippen LogP contribution is 2.34. The molecule has 8 heteroatoms. The van der Waals surface area contributed by atoms with Crippen molar-refractivity contribution < 1.29 is 14.6 Å². The smallest absolute Gasteiger partial charge is 0.408 e. The molecule has 146 valence electrons. The van der Waals surface area contributed by atoms with E-state index in [1.807, 2.05) is 0 Å². The topological polar surface area (TPSA) is 93.5 Å². The summed E-state index contributed by atoms with van der Waals surface area (Å²) in [4.78, 5) is 29.9. The third kappa shape index (κ3) is 4.09. The number of aliphatic hydroxyl groups is 1. The first-order valence-electron chi connectivity index (χ1n) is 8.95. The largest absolute Gasteiger partial charge is 0.444 e. The van der Waals surface area contributed by atoms with Crippen molar-refractivity contribution in [3.05, 3.63) is 39.4 Å². The molecule has 3 rings (SSSR count). The van der Waals surface area contributed by atoms with E-state index in [9.17, 15) is 14.7 Å². The zero-order chi connectivity index (χ0) is 19.9. The van der Waals surface area contributed by atoms with E-state index in [4.69, 9.17) is 16.3 Å². The molecule has 0 aliphatic heterocycles. The number of rotatable bonds is 3. The molecule has 2 N–H and O–H groups in total. The van der Waals surface area contributed by atoms with Crippen molar-refractivity contribution in [2.75, 3.05) is 0 Å². The van der Waals surface area contributed by atoms with Crippen molar-refractivity contribution in [1.29, 1.82) is 0 Å². The van der Waals surface area contributed by atoms with Gasteiger partial charge in [0.1, 0.15) is 11.4 Å². The Morgan fingerprint density at radius 1 is 1.41 bits per heavy atom. The Morgan fingerprint density at radius 2 is 2.07 bits per heavy atom. The summed E-state index contributed by atoms with van der Waals surface area (Å²) in [5.41, 5.74) is -0.432. The minimum atomic E-state index is -0.633. The van der Waals surface area contributed by atoms with E-state index in [0.29, 0.717) is 34.6 Å². The van der Waals surface area contributed by atoms with Gasteiger partial charge in [-0.15, -0.1) is 0 Å². The van der Waals surface area contributed by atoms with Crippen LogP contribution in [-0.4, -0.2) is 32.5 Å². The lowest BCUT2D eigenvalue weighted by atomic mass is 9.89. The fraction of sp³-hybridized carbons (Fsp3) is 0.526. The number of ether oxygens (including phenoxy) is 1. The summed E-state index contributed by atoms with van der Waals surface area (Å²) >= 11 is 6.23. The van der Waals surface area contributed by atoms with Crippen LogP contribution in [-0.2, 0) is 4.74 Å². The van der Waals surface area contributed by atoms with Gasteiger partial charge in [-0.2, -0.15) is 0 Å². The van der Waals surface area contributed by atoms with Crippen molar-refractivity contribution in [3.63, 3.8) is 0 Å². The van der Waals surface area contributed by atoms with E-state index in [-0.39, 0.29) is 11.6 Å². The molecule has 0 bridgehead atoms. The van der Waals surface area contributed by atoms with Gasteiger partial charge in [0.05, 0.1) is 28.1 Å². The molecular weight excluding hydrogens is 370 g/mol. The highest BCUT2D eigenvalue weighted by Gasteiger charge is 2.33. The number of nitrogens with zero attached hydrogens (tertiary/aromatic N) is 2. The highest BCUT2D eigenvalue weighted by atomic mass is 35.5. The molecule has 0 unspecified atom stereocenters. The summed E-state index contributed by atoms with van der Waals surface area (Å²) in [5, 5.41) is 13.1. The summed E-state index contributed by atoms with van der Waals surface area (Å²) in [6.45, 7) is 7.07. The first-order chi connectivity index (χ1) is 12.6. The monoisotopic (exact) mass is 393 g/mol. The van der Waals surface area contributed by atoms with Crippen molar-refractivity contribution in [3.8, 4) is 0 Å². The molecule has 1 amide bonds. The molecule has 1 aromatic carbocycles. The van der Waals surface area contributed by atoms with Gasteiger partial charge >= 0.3 is 6.09 Å². The second-order valence-electron chi connectivity index (χ2n) is 7.93. The minimum absolute atomic E-state index is 0.182. The number of fused-ring (bicyclic) bond motifs is 1. The number of alkyl carbamates (subject to hydrolysis) is 1. The quantitative estimate of drug-likeness (QED) is 0.834. The molecule has 1 aromatic heterocycles. The van der Waals surface area contributed by atoms with Gasteiger partial charge in [-0.3, -0.25) is 9.36 Å². The van der Waals surface area contributed by atoms with Gasteiger partial charge in [0.2, 0.25) is 0 Å². The van der Waals surface area contributed by atoms with Crippen LogP contribution in [0.1, 0.15) is 58.4 Å². The lowest BCUT2D eigenvalue weighted by molar-refractivity contribution is 0.0422. The first-order valence-corrected chi connectivity index (χ1v) is 9.33. The Labute approximate surface area is 162 Å². The maximum Gasteiger partial charge on any atom is 0.408 e. The summed E-state index contributed by atoms with van der Waals surface area (Å²) in [5.74, 6) is 0.414. The van der Waals surface area contributed by atoms with Crippen LogP contribution in [0.3, 0.4) is 0 Å². The van der Waals surface area contributed by atoms with Crippen LogP contribution in [0.15, 0.2) is 23.0 Å². The second-order valence-corrected chi connectivity index (χ2v) is 8.33. The molecular formula is C19H24ClN3O4. The van der Waals surface area contributed by atoms with Crippen LogP contribution in [0.25, 0.3) is 10.9 Å². The normalized spacial score (nSPS) is 20.8. The first kappa shape index (κ1) is 19.6. The van der Waals surface area contributed by atoms with Crippen LogP contribution in [0.5, 0.6) is 0 Å². The molecule has 2 aromatic rings. The van der Waals surface area contributed by atoms with E-state index >= 15 is 0 Å². The van der Waals surface area contributed by atoms with Crippen LogP contribution < -0.4 is 10.9 Å². The Morgan fingerprint density at radius 3 is 2.67 bits per heavy atom. The molecule has 0 radical (unpaired) electrons. The van der Waals surface area contributed by atoms with Gasteiger partial charge in [0, 0.05) is 6.04 Å². The van der Waals surface area contributed by atoms with Crippen molar-refractivity contribution in [1.82, 2.24) is 14.9 Å². The van der Waals surface area contributed by atoms with Crippen LogP contribution >= 0.6 is 11.6 Å². The number of amides is 1. The molecule has 1 fully saturated rings. The number of halogens is 1. The fourth-order valence-corrected chi connectivity index (χ4v) is 3.45. The number of aliphatic hydroxyl groups excluding tert-OH is 1. The predicted molar refractivity (Wildman–Crippen MR) is 103 cm³/mol. The number of nitrogens with one attached hydrogen (secondary N) is 1. The SMILES string of the molecule is C[C@H](NC(=O)OC(C)(C)C)c1nc2cccc(Cl)c2c(=O)n1C1CC(O)C1. The molecule has 0 saturated heterocycles. The zero-order valence-corrected chi connectivity index (χ0v) is 16.6. The number of hydrogen-bond acceptors (Lipinski definition) is 5. The van der Waals surface area contributed by atoms with Gasteiger partial charge in [-0.05, 0) is 52.7 Å². The Balaban J connectivity index is 2.04. The van der Waals surface area contributed by atoms with E-state index < -0.39 is 23.8 Å². The zero-order valence-electron chi connectivity index (χ0n) is 15.8. The van der Waals surface area contributed by atoms with Gasteiger partial charge in [-0.1, -0.05) is 17.7 Å². The molecule has 1 heterocycles. The van der Waals surface area contributed by atoms with Crippen molar-refractivity contribution in [2.24, 2.45) is 0 Å². The molecule has 7 nitrogen and oxygen atoms in total. The lowest BCUT2D eigenvalue weighted by Gasteiger charge is -2.35. The molecule has 1 aliphatic carbocycles. The Hall–Kier alpha value is -2.12. The third-order valence-electron chi connectivity index (χ3n) is 4.48. The van der Waals surface area contributed by atoms with E-state index in [0.717, 1.165) is 0 Å². The van der Waals surface area contributed by atoms with Gasteiger partial charge in [0.25, 0.3) is 5.56 Å². The van der Waals surface area contributed by atoms with E-state index in [2.05, 4.69) is 10.3 Å². The number of carbonyl (C=O) groups is 1. The van der Waals surface area contributed by atoms with Gasteiger partial charge in [-0.25, -0.2) is 9.78 Å². The molecule has 1 saturated carbocycles. The van der Waals surface area contributed by atoms with E-state index in [1.165, 1.54) is 0 Å². The Kier molecular flexibility index (Phi) is 5.18. The molecule has 1 atom stereocenters. The van der Waals surface area contributed by atoms with E-state index in [1.54, 1.807) is 50.5 Å². The summed E-state index contributed by atoms with van der Waals surface area (Å²) in [6, 6.07) is 4.35. The van der Waals surface area contributed by atoms with Crippen molar-refractivity contribution in [2.45, 2.75) is 64.3 Å². The van der Waals surface area contributed by atoms with Gasteiger partial charge < -0.3 is 15.2 Å². The average Bonchev–Trinajstić information content (AvgIpc) is 2.50. The maximum absolute atomic E-state index is 13.1. The number of benzene rings is 1. The number of aromatic nitrogens is 2. The number of carbonyl (C=O) groups excluding carboxylic acids is 1. The third-order valence-corrected chi connectivity index (χ3v) is 4.80. The van der Waals surface area contributed by atoms with Gasteiger partial charge in [0.15, 0.2) is 0 Å². The molecule has 1 aliphatic rings. The Bertz CT molecular complexity index is 929. The van der Waals surface area contributed by atoms with Crippen LogP contribution in [0.4, 0.5) is 4.79 Å². The fourth-order valence-electron chi connectivity index (χ4n) is 3.20. The molecule has 27 heavy (non-hydrogen) atoms. The van der Waals surface area contributed by atoms with Crippen LogP contribution in [0, 0.1) is 0 Å². The van der Waals surface area contributed by atoms with Crippen LogP contribution in [0.2, 0.25) is 5.02 Å². The maximum atomic E-state index is 13.1. The second kappa shape index (κ2) is 7.13. The average molecular weight is 394 g/mol. The highest BCUT2D eigenvalue weighted by molar-refractivity contribution is 6.35. The standard InChI is InChI=1S/C19H24ClN3O4/c1-10(21-18(26)27-19(2,3)4)16-22-14-7-5-6-13(20)15(14)17(25)23(16)11-8-12(24)9-11/h5-7,10-12,24H,8-9H2,1-4H3,(H,21,26)/t10-,11?,12?/m0/s1. The summed E-state index contributed by atoms with van der Waals surface area (Å²) in [6.07, 6.45) is -0.102. The summed E-state index contributed by atoms with van der Waals surface area (Å²) < 4.78 is 6.84. The predicted octanol–water partition coefficient (Wildman–Crippen LogP) is 3.33. The molecule has 0 spiro atoms.